The van der Waals surface area contributed by atoms with Crippen LogP contribution in [0.25, 0.3) is 0 Å². The lowest BCUT2D eigenvalue weighted by atomic mass is 10.0. The van der Waals surface area contributed by atoms with E-state index in [0.29, 0.717) is 12.5 Å². The van der Waals surface area contributed by atoms with E-state index in [9.17, 15) is 4.79 Å². The van der Waals surface area contributed by atoms with Gasteiger partial charge < -0.3 is 15.1 Å². The first-order chi connectivity index (χ1) is 8.09. The van der Waals surface area contributed by atoms with Crippen LogP contribution >= 0.6 is 0 Å². The largest absolute Gasteiger partial charge is 0.349 e. The first-order valence-corrected chi connectivity index (χ1v) is 6.71. The summed E-state index contributed by atoms with van der Waals surface area (Å²) < 4.78 is 0. The molecule has 1 amide bonds. The lowest BCUT2D eigenvalue weighted by molar-refractivity contribution is -0.128. The summed E-state index contributed by atoms with van der Waals surface area (Å²) in [6.07, 6.45) is 5.58. The molecule has 0 aromatic carbocycles. The van der Waals surface area contributed by atoms with Crippen LogP contribution in [0.2, 0.25) is 0 Å². The molecule has 0 bridgehead atoms. The summed E-state index contributed by atoms with van der Waals surface area (Å²) in [6, 6.07) is 0.651. The van der Waals surface area contributed by atoms with Gasteiger partial charge in [-0.1, -0.05) is 6.42 Å². The number of piperidine rings is 1. The van der Waals surface area contributed by atoms with Gasteiger partial charge in [0.25, 0.3) is 0 Å². The molecule has 1 N–H and O–H groups in total. The van der Waals surface area contributed by atoms with E-state index in [1.165, 1.54) is 19.3 Å². The van der Waals surface area contributed by atoms with E-state index >= 15 is 0 Å². The lowest BCUT2D eigenvalue weighted by Crippen LogP contribution is -2.42. The van der Waals surface area contributed by atoms with Crippen molar-refractivity contribution in [1.82, 2.24) is 15.1 Å². The molecule has 4 heteroatoms. The van der Waals surface area contributed by atoms with Crippen LogP contribution in [0, 0.1) is 0 Å². The normalized spacial score (nSPS) is 20.6. The number of nitrogens with one attached hydrogen (secondary N) is 1. The average Bonchev–Trinajstić information content (AvgIpc) is 2.30. The molecule has 0 aromatic heterocycles. The van der Waals surface area contributed by atoms with Crippen LogP contribution in [-0.2, 0) is 4.79 Å². The van der Waals surface area contributed by atoms with Gasteiger partial charge in [-0.25, -0.2) is 0 Å². The molecule has 1 atom stereocenters. The van der Waals surface area contributed by atoms with Gasteiger partial charge in [0.2, 0.25) is 5.91 Å². The highest BCUT2D eigenvalue weighted by Crippen LogP contribution is 2.08. The summed E-state index contributed by atoms with van der Waals surface area (Å²) in [6.45, 7) is 3.28. The number of rotatable bonds is 6. The van der Waals surface area contributed by atoms with Crippen molar-refractivity contribution in [2.45, 2.75) is 38.1 Å². The molecule has 1 rings (SSSR count). The van der Waals surface area contributed by atoms with Gasteiger partial charge in [-0.2, -0.15) is 0 Å². The van der Waals surface area contributed by atoms with Crippen molar-refractivity contribution in [1.29, 1.82) is 0 Å². The third kappa shape index (κ3) is 6.03. The minimum absolute atomic E-state index is 0.231. The highest BCUT2D eigenvalue weighted by atomic mass is 16.2. The zero-order valence-electron chi connectivity index (χ0n) is 11.5. The van der Waals surface area contributed by atoms with E-state index in [0.717, 1.165) is 26.1 Å². The molecule has 0 aromatic rings. The third-order valence-electron chi connectivity index (χ3n) is 3.37. The number of carbonyl (C=O) groups is 1. The quantitative estimate of drug-likeness (QED) is 0.751. The molecule has 0 radical (unpaired) electrons. The molecular formula is C13H27N3O. The van der Waals surface area contributed by atoms with Gasteiger partial charge in [0.15, 0.2) is 0 Å². The molecule has 1 fully saturated rings. The van der Waals surface area contributed by atoms with E-state index in [4.69, 9.17) is 0 Å². The minimum Gasteiger partial charge on any atom is -0.349 e. The molecule has 100 valence electrons. The maximum atomic E-state index is 11.4. The fraction of sp³-hybridized carbons (Fsp3) is 0.923. The van der Waals surface area contributed by atoms with E-state index in [1.54, 1.807) is 4.90 Å². The third-order valence-corrected chi connectivity index (χ3v) is 3.37. The molecule has 1 unspecified atom stereocenters. The van der Waals surface area contributed by atoms with Crippen LogP contribution in [0.1, 0.15) is 32.1 Å². The molecular weight excluding hydrogens is 214 g/mol. The molecule has 1 heterocycles. The summed E-state index contributed by atoms with van der Waals surface area (Å²) in [5.41, 5.74) is 0. The summed E-state index contributed by atoms with van der Waals surface area (Å²) in [7, 11) is 5.78. The fourth-order valence-corrected chi connectivity index (χ4v) is 2.27. The van der Waals surface area contributed by atoms with E-state index in [1.807, 2.05) is 14.1 Å². The topological polar surface area (TPSA) is 35.6 Å². The van der Waals surface area contributed by atoms with Gasteiger partial charge in [0.05, 0.1) is 0 Å². The Bertz CT molecular complexity index is 225. The van der Waals surface area contributed by atoms with Crippen molar-refractivity contribution >= 4 is 5.91 Å². The maximum Gasteiger partial charge on any atom is 0.222 e. The van der Waals surface area contributed by atoms with Crippen molar-refractivity contribution in [3.63, 3.8) is 0 Å². The van der Waals surface area contributed by atoms with Gasteiger partial charge in [-0.3, -0.25) is 4.79 Å². The summed E-state index contributed by atoms with van der Waals surface area (Å²) in [5, 5.41) is 3.55. The standard InChI is InChI=1S/C13H27N3O/c1-15(2)13(17)8-6-10-16(3)11-12-7-4-5-9-14-12/h12,14H,4-11H2,1-3H3. The summed E-state index contributed by atoms with van der Waals surface area (Å²) >= 11 is 0. The highest BCUT2D eigenvalue weighted by Gasteiger charge is 2.14. The highest BCUT2D eigenvalue weighted by molar-refractivity contribution is 5.75. The van der Waals surface area contributed by atoms with Crippen LogP contribution in [0.5, 0.6) is 0 Å². The Kier molecular flexibility index (Phi) is 6.52. The number of carbonyl (C=O) groups excluding carboxylic acids is 1. The maximum absolute atomic E-state index is 11.4. The van der Waals surface area contributed by atoms with Gasteiger partial charge in [0.1, 0.15) is 0 Å². The van der Waals surface area contributed by atoms with E-state index in [2.05, 4.69) is 17.3 Å². The SMILES string of the molecule is CN(CCCC(=O)N(C)C)CC1CCCCN1. The predicted octanol–water partition coefficient (Wildman–Crippen LogP) is 0.929. The Labute approximate surface area is 105 Å². The monoisotopic (exact) mass is 241 g/mol. The van der Waals surface area contributed by atoms with Crippen molar-refractivity contribution < 1.29 is 4.79 Å². The molecule has 1 saturated heterocycles. The molecule has 1 aliphatic heterocycles. The predicted molar refractivity (Wildman–Crippen MR) is 71.1 cm³/mol. The molecule has 4 nitrogen and oxygen atoms in total. The Hall–Kier alpha value is -0.610. The van der Waals surface area contributed by atoms with Crippen LogP contribution in [0.15, 0.2) is 0 Å². The zero-order valence-corrected chi connectivity index (χ0v) is 11.5. The van der Waals surface area contributed by atoms with E-state index < -0.39 is 0 Å². The van der Waals surface area contributed by atoms with Gasteiger partial charge in [-0.15, -0.1) is 0 Å². The van der Waals surface area contributed by atoms with Gasteiger partial charge in [0, 0.05) is 33.1 Å². The second-order valence-corrected chi connectivity index (χ2v) is 5.30. The number of likely N-dealkylation sites (N-methyl/N-ethyl adjacent to an activating group) is 1. The van der Waals surface area contributed by atoms with Crippen molar-refractivity contribution in [2.75, 3.05) is 40.8 Å². The Morgan fingerprint density at radius 3 is 2.65 bits per heavy atom. The first-order valence-electron chi connectivity index (χ1n) is 6.71. The first kappa shape index (κ1) is 14.5. The second kappa shape index (κ2) is 7.67. The Morgan fingerprint density at radius 2 is 2.06 bits per heavy atom. The zero-order chi connectivity index (χ0) is 12.7. The lowest BCUT2D eigenvalue weighted by Gasteiger charge is -2.28. The molecule has 0 aliphatic carbocycles. The Morgan fingerprint density at radius 1 is 1.29 bits per heavy atom. The molecule has 1 aliphatic rings. The second-order valence-electron chi connectivity index (χ2n) is 5.30. The average molecular weight is 241 g/mol. The van der Waals surface area contributed by atoms with Crippen LogP contribution < -0.4 is 5.32 Å². The molecule has 17 heavy (non-hydrogen) atoms. The summed E-state index contributed by atoms with van der Waals surface area (Å²) in [5.74, 6) is 0.231. The number of nitrogens with zero attached hydrogens (tertiary/aromatic N) is 2. The fourth-order valence-electron chi connectivity index (χ4n) is 2.27. The van der Waals surface area contributed by atoms with E-state index in [-0.39, 0.29) is 5.91 Å². The van der Waals surface area contributed by atoms with Crippen LogP contribution in [0.3, 0.4) is 0 Å². The smallest absolute Gasteiger partial charge is 0.222 e. The minimum atomic E-state index is 0.231. The molecule has 0 spiro atoms. The van der Waals surface area contributed by atoms with Crippen LogP contribution in [0.4, 0.5) is 0 Å². The van der Waals surface area contributed by atoms with Gasteiger partial charge >= 0.3 is 0 Å². The summed E-state index contributed by atoms with van der Waals surface area (Å²) in [4.78, 5) is 15.4. The van der Waals surface area contributed by atoms with Crippen LogP contribution in [-0.4, -0.2) is 62.5 Å². The van der Waals surface area contributed by atoms with Crippen molar-refractivity contribution in [3.05, 3.63) is 0 Å². The number of hydrogen-bond donors (Lipinski definition) is 1. The number of hydrogen-bond acceptors (Lipinski definition) is 3. The molecule has 0 saturated carbocycles. The van der Waals surface area contributed by atoms with Crippen molar-refractivity contribution in [2.24, 2.45) is 0 Å². The van der Waals surface area contributed by atoms with Gasteiger partial charge in [-0.05, 0) is 39.4 Å². The Balaban J connectivity index is 2.08. The number of amides is 1. The van der Waals surface area contributed by atoms with Crippen molar-refractivity contribution in [3.8, 4) is 0 Å².